The van der Waals surface area contributed by atoms with Gasteiger partial charge in [-0.2, -0.15) is 0 Å². The molecule has 1 aromatic rings. The lowest BCUT2D eigenvalue weighted by Gasteiger charge is -2.34. The maximum atomic E-state index is 12.3. The molecule has 0 spiro atoms. The molecule has 140 valence electrons. The second kappa shape index (κ2) is 8.43. The second-order valence-corrected chi connectivity index (χ2v) is 7.66. The maximum absolute atomic E-state index is 12.3. The van der Waals surface area contributed by atoms with E-state index in [1.54, 1.807) is 34.1 Å². The molecule has 1 fully saturated rings. The van der Waals surface area contributed by atoms with Gasteiger partial charge in [-0.1, -0.05) is 12.1 Å². The van der Waals surface area contributed by atoms with Crippen LogP contribution in [0.4, 0.5) is 19.3 Å². The molecule has 0 radical (unpaired) electrons. The number of carbonyl (C=O) groups excluding carboxylic acids is 1. The summed E-state index contributed by atoms with van der Waals surface area (Å²) in [6, 6.07) is 6.43. The van der Waals surface area contributed by atoms with E-state index in [0.29, 0.717) is 38.4 Å². The molecule has 10 heteroatoms. The highest BCUT2D eigenvalue weighted by Gasteiger charge is 2.22. The predicted molar refractivity (Wildman–Crippen MR) is 91.2 cm³/mol. The first-order chi connectivity index (χ1) is 11.7. The molecular formula is C15H22F2N4O3S. The van der Waals surface area contributed by atoms with Crippen molar-refractivity contribution in [1.29, 1.82) is 0 Å². The fourth-order valence-electron chi connectivity index (χ4n) is 2.52. The summed E-state index contributed by atoms with van der Waals surface area (Å²) in [6.45, 7) is 1.73. The lowest BCUT2D eigenvalue weighted by molar-refractivity contribution is 0.0636. The molecule has 1 heterocycles. The Balaban J connectivity index is 1.77. The Morgan fingerprint density at radius 3 is 2.28 bits per heavy atom. The Morgan fingerprint density at radius 2 is 1.76 bits per heavy atom. The highest BCUT2D eigenvalue weighted by atomic mass is 32.2. The van der Waals surface area contributed by atoms with Crippen LogP contribution < -0.4 is 10.0 Å². The summed E-state index contributed by atoms with van der Waals surface area (Å²) < 4.78 is 49.3. The largest absolute Gasteiger partial charge is 0.334 e. The molecule has 0 aliphatic carbocycles. The number of benzene rings is 1. The molecule has 0 atom stereocenters. The van der Waals surface area contributed by atoms with Crippen molar-refractivity contribution < 1.29 is 22.0 Å². The van der Waals surface area contributed by atoms with Crippen LogP contribution in [0.3, 0.4) is 0 Å². The van der Waals surface area contributed by atoms with E-state index < -0.39 is 16.4 Å². The van der Waals surface area contributed by atoms with Gasteiger partial charge in [-0.25, -0.2) is 22.0 Å². The molecule has 0 aromatic heterocycles. The normalized spacial score (nSPS) is 16.1. The molecule has 2 amide bonds. The number of hydrogen-bond acceptors (Lipinski definition) is 4. The Labute approximate surface area is 146 Å². The highest BCUT2D eigenvalue weighted by molar-refractivity contribution is 7.92. The van der Waals surface area contributed by atoms with Crippen LogP contribution in [0.1, 0.15) is 5.56 Å². The average Bonchev–Trinajstić information content (AvgIpc) is 2.52. The van der Waals surface area contributed by atoms with Crippen molar-refractivity contribution in [1.82, 2.24) is 15.1 Å². The number of sulfonamides is 1. The lowest BCUT2D eigenvalue weighted by atomic mass is 10.2. The third-order valence-electron chi connectivity index (χ3n) is 3.76. The average molecular weight is 376 g/mol. The summed E-state index contributed by atoms with van der Waals surface area (Å²) in [4.78, 5) is 15.4. The van der Waals surface area contributed by atoms with Gasteiger partial charge >= 0.3 is 6.03 Å². The van der Waals surface area contributed by atoms with Crippen LogP contribution >= 0.6 is 0 Å². The minimum Gasteiger partial charge on any atom is -0.334 e. The lowest BCUT2D eigenvalue weighted by Crippen LogP contribution is -2.52. The van der Waals surface area contributed by atoms with Crippen LogP contribution in [0.25, 0.3) is 0 Å². The maximum Gasteiger partial charge on any atom is 0.317 e. The topological polar surface area (TPSA) is 81.8 Å². The summed E-state index contributed by atoms with van der Waals surface area (Å²) >= 11 is 0. The number of nitrogens with zero attached hydrogens (tertiary/aromatic N) is 2. The van der Waals surface area contributed by atoms with Crippen molar-refractivity contribution in [3.63, 3.8) is 0 Å². The van der Waals surface area contributed by atoms with Crippen LogP contribution in [-0.4, -0.2) is 69.7 Å². The minimum atomic E-state index is -3.32. The summed E-state index contributed by atoms with van der Waals surface area (Å²) in [5.41, 5.74) is 1.27. The van der Waals surface area contributed by atoms with Gasteiger partial charge in [0.25, 0.3) is 6.43 Å². The third-order valence-corrected chi connectivity index (χ3v) is 4.36. The van der Waals surface area contributed by atoms with Crippen molar-refractivity contribution in [3.05, 3.63) is 29.8 Å². The summed E-state index contributed by atoms with van der Waals surface area (Å²) in [6.07, 6.45) is -1.29. The van der Waals surface area contributed by atoms with Gasteiger partial charge in [0.2, 0.25) is 10.0 Å². The number of nitrogens with one attached hydrogen (secondary N) is 2. The van der Waals surface area contributed by atoms with E-state index in [0.717, 1.165) is 11.8 Å². The second-order valence-electron chi connectivity index (χ2n) is 5.91. The Bertz CT molecular complexity index is 675. The van der Waals surface area contributed by atoms with Crippen molar-refractivity contribution in [2.75, 3.05) is 43.7 Å². The first kappa shape index (κ1) is 19.4. The zero-order chi connectivity index (χ0) is 18.4. The van der Waals surface area contributed by atoms with E-state index in [4.69, 9.17) is 0 Å². The molecule has 7 nitrogen and oxygen atoms in total. The van der Waals surface area contributed by atoms with E-state index in [1.807, 2.05) is 0 Å². The first-order valence-corrected chi connectivity index (χ1v) is 9.72. The fourth-order valence-corrected chi connectivity index (χ4v) is 3.09. The number of piperazine rings is 1. The molecule has 0 saturated carbocycles. The van der Waals surface area contributed by atoms with E-state index >= 15 is 0 Å². The fraction of sp³-hybridized carbons (Fsp3) is 0.533. The van der Waals surface area contributed by atoms with Crippen molar-refractivity contribution in [2.45, 2.75) is 13.0 Å². The predicted octanol–water partition coefficient (Wildman–Crippen LogP) is 1.15. The molecule has 2 N–H and O–H groups in total. The van der Waals surface area contributed by atoms with Gasteiger partial charge in [0, 0.05) is 38.4 Å². The van der Waals surface area contributed by atoms with Crippen molar-refractivity contribution in [3.8, 4) is 0 Å². The Morgan fingerprint density at radius 1 is 1.16 bits per heavy atom. The summed E-state index contributed by atoms with van der Waals surface area (Å²) in [7, 11) is -3.32. The van der Waals surface area contributed by atoms with Gasteiger partial charge in [0.1, 0.15) is 0 Å². The first-order valence-electron chi connectivity index (χ1n) is 7.83. The number of urea groups is 1. The molecule has 0 bridgehead atoms. The van der Waals surface area contributed by atoms with E-state index in [-0.39, 0.29) is 12.6 Å². The molecule has 1 aliphatic heterocycles. The minimum absolute atomic E-state index is 0.241. The van der Waals surface area contributed by atoms with Gasteiger partial charge in [0.15, 0.2) is 0 Å². The number of alkyl halides is 2. The van der Waals surface area contributed by atoms with Gasteiger partial charge < -0.3 is 10.2 Å². The highest BCUT2D eigenvalue weighted by Crippen LogP contribution is 2.11. The molecule has 2 rings (SSSR count). The SMILES string of the molecule is CS(=O)(=O)Nc1ccc(CNC(=O)N2CCN(CC(F)F)CC2)cc1. The van der Waals surface area contributed by atoms with Crippen LogP contribution in [0, 0.1) is 0 Å². The number of halogens is 2. The smallest absolute Gasteiger partial charge is 0.317 e. The number of amides is 2. The molecule has 25 heavy (non-hydrogen) atoms. The Hall–Kier alpha value is -1.94. The standard InChI is InChI=1S/C15H22F2N4O3S/c1-25(23,24)19-13-4-2-12(3-5-13)10-18-15(22)21-8-6-20(7-9-21)11-14(16)17/h2-5,14,19H,6-11H2,1H3,(H,18,22). The van der Waals surface area contributed by atoms with Gasteiger partial charge in [0.05, 0.1) is 12.8 Å². The number of carbonyl (C=O) groups is 1. The molecule has 1 aliphatic rings. The van der Waals surface area contributed by atoms with Crippen molar-refractivity contribution >= 4 is 21.7 Å². The van der Waals surface area contributed by atoms with Crippen LogP contribution in [-0.2, 0) is 16.6 Å². The zero-order valence-electron chi connectivity index (χ0n) is 13.9. The van der Waals surface area contributed by atoms with E-state index in [1.165, 1.54) is 0 Å². The Kier molecular flexibility index (Phi) is 6.54. The van der Waals surface area contributed by atoms with Gasteiger partial charge in [-0.15, -0.1) is 0 Å². The third kappa shape index (κ3) is 6.83. The number of hydrogen-bond donors (Lipinski definition) is 2. The zero-order valence-corrected chi connectivity index (χ0v) is 14.7. The molecule has 1 aromatic carbocycles. The monoisotopic (exact) mass is 376 g/mol. The van der Waals surface area contributed by atoms with Crippen LogP contribution in [0.2, 0.25) is 0 Å². The summed E-state index contributed by atoms with van der Waals surface area (Å²) in [5.74, 6) is 0. The summed E-state index contributed by atoms with van der Waals surface area (Å²) in [5, 5.41) is 2.77. The van der Waals surface area contributed by atoms with Crippen LogP contribution in [0.5, 0.6) is 0 Å². The van der Waals surface area contributed by atoms with E-state index in [2.05, 4.69) is 10.0 Å². The molecule has 0 unspecified atom stereocenters. The van der Waals surface area contributed by atoms with Gasteiger partial charge in [-0.3, -0.25) is 9.62 Å². The van der Waals surface area contributed by atoms with E-state index in [9.17, 15) is 22.0 Å². The number of anilines is 1. The number of rotatable bonds is 6. The van der Waals surface area contributed by atoms with Crippen LogP contribution in [0.15, 0.2) is 24.3 Å². The molecular weight excluding hydrogens is 354 g/mol. The van der Waals surface area contributed by atoms with Crippen molar-refractivity contribution in [2.24, 2.45) is 0 Å². The molecule has 1 saturated heterocycles. The quantitative estimate of drug-likeness (QED) is 0.780. The van der Waals surface area contributed by atoms with Gasteiger partial charge in [-0.05, 0) is 17.7 Å².